The molecule has 5 heteroatoms. The molecule has 3 fully saturated rings. The lowest BCUT2D eigenvalue weighted by molar-refractivity contribution is 0.0653. The molecule has 0 aliphatic carbocycles. The maximum atomic E-state index is 13.0. The number of benzene rings is 1. The van der Waals surface area contributed by atoms with Crippen molar-refractivity contribution in [3.05, 3.63) is 66.7 Å². The Labute approximate surface area is 158 Å². The van der Waals surface area contributed by atoms with Crippen molar-refractivity contribution in [2.75, 3.05) is 26.2 Å². The number of piperidine rings is 1. The van der Waals surface area contributed by atoms with Gasteiger partial charge in [0.15, 0.2) is 5.76 Å². The predicted octanol–water partition coefficient (Wildman–Crippen LogP) is 3.66. The summed E-state index contributed by atoms with van der Waals surface area (Å²) in [4.78, 5) is 17.5. The van der Waals surface area contributed by atoms with Crippen molar-refractivity contribution in [3.8, 4) is 17.0 Å². The van der Waals surface area contributed by atoms with E-state index in [4.69, 9.17) is 4.42 Å². The van der Waals surface area contributed by atoms with Crippen molar-refractivity contribution in [3.63, 3.8) is 0 Å². The van der Waals surface area contributed by atoms with E-state index < -0.39 is 0 Å². The van der Waals surface area contributed by atoms with Crippen molar-refractivity contribution in [1.29, 1.82) is 0 Å². The molecule has 1 amide bonds. The van der Waals surface area contributed by atoms with Crippen LogP contribution in [0.2, 0.25) is 0 Å². The van der Waals surface area contributed by atoms with E-state index in [1.54, 1.807) is 0 Å². The molecule has 5 nitrogen and oxygen atoms in total. The minimum absolute atomic E-state index is 0.0268. The van der Waals surface area contributed by atoms with E-state index in [0.29, 0.717) is 11.8 Å². The predicted molar refractivity (Wildman–Crippen MR) is 104 cm³/mol. The van der Waals surface area contributed by atoms with Crippen LogP contribution in [0.15, 0.2) is 65.3 Å². The number of carbonyl (C=O) groups excluding carboxylic acids is 1. The first kappa shape index (κ1) is 16.4. The van der Waals surface area contributed by atoms with E-state index in [9.17, 15) is 4.79 Å². The molecular formula is C22H23N3O2. The molecule has 0 N–H and O–H groups in total. The van der Waals surface area contributed by atoms with Gasteiger partial charge in [-0.05, 0) is 61.4 Å². The monoisotopic (exact) mass is 361 g/mol. The summed E-state index contributed by atoms with van der Waals surface area (Å²) >= 11 is 0. The average Bonchev–Trinajstić information content (AvgIpc) is 3.34. The number of hydrogen-bond donors (Lipinski definition) is 0. The second-order valence-electron chi connectivity index (χ2n) is 7.37. The summed E-state index contributed by atoms with van der Waals surface area (Å²) in [5.74, 6) is 1.21. The van der Waals surface area contributed by atoms with Crippen molar-refractivity contribution >= 4 is 5.91 Å². The van der Waals surface area contributed by atoms with Crippen LogP contribution in [0.1, 0.15) is 23.4 Å². The number of amides is 1. The molecule has 3 aliphatic rings. The first-order valence-electron chi connectivity index (χ1n) is 9.65. The number of furan rings is 1. The Morgan fingerprint density at radius 1 is 0.889 bits per heavy atom. The Balaban J connectivity index is 1.35. The van der Waals surface area contributed by atoms with Gasteiger partial charge in [0.05, 0.1) is 0 Å². The van der Waals surface area contributed by atoms with Crippen LogP contribution in [-0.4, -0.2) is 52.5 Å². The van der Waals surface area contributed by atoms with Crippen LogP contribution in [0.4, 0.5) is 0 Å². The lowest BCUT2D eigenvalue weighted by atomic mass is 10.1. The molecule has 0 saturated carbocycles. The quantitative estimate of drug-likeness (QED) is 0.715. The molecule has 1 aromatic carbocycles. The lowest BCUT2D eigenvalue weighted by Gasteiger charge is -2.30. The third-order valence-corrected chi connectivity index (χ3v) is 5.79. The summed E-state index contributed by atoms with van der Waals surface area (Å²) in [5, 5.41) is 0. The molecule has 3 aliphatic heterocycles. The summed E-state index contributed by atoms with van der Waals surface area (Å²) in [6.45, 7) is 3.97. The zero-order valence-electron chi connectivity index (χ0n) is 15.3. The zero-order chi connectivity index (χ0) is 18.2. The summed E-state index contributed by atoms with van der Waals surface area (Å²) in [6.07, 6.45) is 6.17. The van der Waals surface area contributed by atoms with Gasteiger partial charge in [0.2, 0.25) is 0 Å². The second-order valence-corrected chi connectivity index (χ2v) is 7.37. The van der Waals surface area contributed by atoms with E-state index in [1.165, 1.54) is 0 Å². The molecule has 2 aromatic heterocycles. The highest BCUT2D eigenvalue weighted by molar-refractivity contribution is 5.92. The van der Waals surface area contributed by atoms with E-state index in [-0.39, 0.29) is 5.91 Å². The van der Waals surface area contributed by atoms with Gasteiger partial charge in [-0.25, -0.2) is 0 Å². The molecule has 138 valence electrons. The number of carbonyl (C=O) groups is 1. The average molecular weight is 361 g/mol. The van der Waals surface area contributed by atoms with E-state index >= 15 is 0 Å². The van der Waals surface area contributed by atoms with Gasteiger partial charge in [0.25, 0.3) is 5.91 Å². The normalized spacial score (nSPS) is 22.0. The Bertz CT molecular complexity index is 919. The minimum atomic E-state index is 0.0268. The van der Waals surface area contributed by atoms with Crippen LogP contribution in [0.3, 0.4) is 0 Å². The van der Waals surface area contributed by atoms with Crippen LogP contribution in [0.5, 0.6) is 0 Å². The van der Waals surface area contributed by atoms with E-state index in [2.05, 4.69) is 21.6 Å². The Kier molecular flexibility index (Phi) is 4.09. The fourth-order valence-electron chi connectivity index (χ4n) is 4.21. The van der Waals surface area contributed by atoms with Gasteiger partial charge in [-0.2, -0.15) is 0 Å². The van der Waals surface area contributed by atoms with Gasteiger partial charge in [-0.15, -0.1) is 0 Å². The molecule has 0 unspecified atom stereocenters. The maximum absolute atomic E-state index is 13.0. The van der Waals surface area contributed by atoms with Gasteiger partial charge in [0.1, 0.15) is 5.76 Å². The van der Waals surface area contributed by atoms with Gasteiger partial charge in [-0.3, -0.25) is 4.79 Å². The number of hydrogen-bond acceptors (Lipinski definition) is 3. The first-order chi connectivity index (χ1) is 13.3. The number of fused-ring (bicyclic) bond motifs is 4. The van der Waals surface area contributed by atoms with Gasteiger partial charge >= 0.3 is 0 Å². The summed E-state index contributed by atoms with van der Waals surface area (Å²) in [5.41, 5.74) is 2.08. The molecule has 0 spiro atoms. The third-order valence-electron chi connectivity index (χ3n) is 5.79. The van der Waals surface area contributed by atoms with Crippen molar-refractivity contribution in [2.24, 2.45) is 0 Å². The van der Waals surface area contributed by atoms with Gasteiger partial charge < -0.3 is 18.8 Å². The smallest absolute Gasteiger partial charge is 0.289 e. The third kappa shape index (κ3) is 3.08. The lowest BCUT2D eigenvalue weighted by Crippen LogP contribution is -2.41. The summed E-state index contributed by atoms with van der Waals surface area (Å²) in [6, 6.07) is 16.3. The zero-order valence-corrected chi connectivity index (χ0v) is 15.3. The molecule has 0 radical (unpaired) electrons. The SMILES string of the molecule is O=C(c1ccc(-c2ccc(-n3cccc3)cc2)o1)N1CCN2CCC1CC2. The fraction of sp³-hybridized carbons (Fsp3) is 0.318. The molecule has 2 bridgehead atoms. The molecule has 0 atom stereocenters. The highest BCUT2D eigenvalue weighted by Crippen LogP contribution is 2.27. The molecule has 5 heterocycles. The Hall–Kier alpha value is -2.79. The minimum Gasteiger partial charge on any atom is -0.451 e. The van der Waals surface area contributed by atoms with Gasteiger partial charge in [0, 0.05) is 55.9 Å². The number of nitrogens with zero attached hydrogens (tertiary/aromatic N) is 3. The van der Waals surface area contributed by atoms with Crippen LogP contribution < -0.4 is 0 Å². The fourth-order valence-corrected chi connectivity index (χ4v) is 4.21. The largest absolute Gasteiger partial charge is 0.451 e. The van der Waals surface area contributed by atoms with Crippen molar-refractivity contribution in [1.82, 2.24) is 14.4 Å². The molecule has 3 aromatic rings. The van der Waals surface area contributed by atoms with E-state index in [0.717, 1.165) is 56.0 Å². The van der Waals surface area contributed by atoms with E-state index in [1.807, 2.05) is 53.7 Å². The van der Waals surface area contributed by atoms with Gasteiger partial charge in [-0.1, -0.05) is 0 Å². The van der Waals surface area contributed by atoms with Crippen LogP contribution in [-0.2, 0) is 0 Å². The summed E-state index contributed by atoms with van der Waals surface area (Å²) < 4.78 is 8.01. The molecule has 27 heavy (non-hydrogen) atoms. The first-order valence-corrected chi connectivity index (χ1v) is 9.65. The standard InChI is InChI=1S/C22H23N3O2/c26-22(25-16-15-23-13-9-19(25)10-14-23)21-8-7-20(27-21)17-3-5-18(6-4-17)24-11-1-2-12-24/h1-8,11-12,19H,9-10,13-16H2. The highest BCUT2D eigenvalue weighted by Gasteiger charge is 2.33. The number of aromatic nitrogens is 1. The van der Waals surface area contributed by atoms with Crippen molar-refractivity contribution < 1.29 is 9.21 Å². The Morgan fingerprint density at radius 3 is 2.37 bits per heavy atom. The molecule has 3 saturated heterocycles. The maximum Gasteiger partial charge on any atom is 0.289 e. The van der Waals surface area contributed by atoms with Crippen LogP contribution in [0.25, 0.3) is 17.0 Å². The second kappa shape index (κ2) is 6.74. The topological polar surface area (TPSA) is 41.6 Å². The summed E-state index contributed by atoms with van der Waals surface area (Å²) in [7, 11) is 0. The van der Waals surface area contributed by atoms with Crippen molar-refractivity contribution in [2.45, 2.75) is 18.9 Å². The van der Waals surface area contributed by atoms with Crippen LogP contribution in [0, 0.1) is 0 Å². The highest BCUT2D eigenvalue weighted by atomic mass is 16.4. The molecular weight excluding hydrogens is 338 g/mol. The Morgan fingerprint density at radius 2 is 1.63 bits per heavy atom. The molecule has 6 rings (SSSR count). The van der Waals surface area contributed by atoms with Crippen LogP contribution >= 0.6 is 0 Å². The number of rotatable bonds is 3.